The van der Waals surface area contributed by atoms with Crippen LogP contribution in [-0.2, 0) is 4.79 Å². The molecular formula is C20H33N3O3. The zero-order chi connectivity index (χ0) is 18.1. The highest BCUT2D eigenvalue weighted by Gasteiger charge is 2.51. The molecule has 0 radical (unpaired) electrons. The molecule has 0 aromatic rings. The van der Waals surface area contributed by atoms with E-state index in [1.54, 1.807) is 0 Å². The molecule has 0 aromatic carbocycles. The molecule has 0 heterocycles. The van der Waals surface area contributed by atoms with Gasteiger partial charge in [-0.3, -0.25) is 4.79 Å². The van der Waals surface area contributed by atoms with Crippen molar-refractivity contribution in [3.63, 3.8) is 0 Å². The molecule has 6 heteroatoms. The first-order valence-corrected chi connectivity index (χ1v) is 10.5. The number of urea groups is 1. The minimum atomic E-state index is -0.210. The summed E-state index contributed by atoms with van der Waals surface area (Å²) in [7, 11) is 0. The van der Waals surface area contributed by atoms with E-state index in [-0.39, 0.29) is 29.6 Å². The van der Waals surface area contributed by atoms with Gasteiger partial charge in [0.15, 0.2) is 0 Å². The predicted octanol–water partition coefficient (Wildman–Crippen LogP) is 2.06. The van der Waals surface area contributed by atoms with Gasteiger partial charge < -0.3 is 21.1 Å². The Morgan fingerprint density at radius 2 is 1.50 bits per heavy atom. The molecule has 5 saturated carbocycles. The number of amides is 3. The molecular weight excluding hydrogens is 330 g/mol. The van der Waals surface area contributed by atoms with E-state index in [1.807, 2.05) is 0 Å². The molecule has 26 heavy (non-hydrogen) atoms. The van der Waals surface area contributed by atoms with Crippen LogP contribution in [0.1, 0.15) is 70.6 Å². The molecule has 6 nitrogen and oxygen atoms in total. The summed E-state index contributed by atoms with van der Waals surface area (Å²) in [6, 6.07) is 0.0623. The fraction of sp³-hybridized carbons (Fsp3) is 0.900. The molecule has 4 N–H and O–H groups in total. The average Bonchev–Trinajstić information content (AvgIpc) is 2.55. The van der Waals surface area contributed by atoms with E-state index in [0.29, 0.717) is 13.0 Å². The summed E-state index contributed by atoms with van der Waals surface area (Å²) in [4.78, 5) is 24.4. The van der Waals surface area contributed by atoms with Gasteiger partial charge in [-0.15, -0.1) is 0 Å². The molecule has 5 rings (SSSR count). The molecule has 3 amide bonds. The molecule has 0 saturated heterocycles. The zero-order valence-electron chi connectivity index (χ0n) is 15.6. The van der Waals surface area contributed by atoms with Gasteiger partial charge in [0.1, 0.15) is 0 Å². The van der Waals surface area contributed by atoms with Crippen molar-refractivity contribution >= 4 is 11.9 Å². The lowest BCUT2D eigenvalue weighted by Gasteiger charge is -2.56. The Morgan fingerprint density at radius 3 is 2.08 bits per heavy atom. The van der Waals surface area contributed by atoms with Crippen LogP contribution in [0.4, 0.5) is 4.79 Å². The molecule has 0 spiro atoms. The molecule has 0 atom stereocenters. The zero-order valence-corrected chi connectivity index (χ0v) is 15.6. The Kier molecular flexibility index (Phi) is 5.13. The van der Waals surface area contributed by atoms with Gasteiger partial charge in [-0.25, -0.2) is 4.79 Å². The van der Waals surface area contributed by atoms with Gasteiger partial charge in [0.05, 0.1) is 6.10 Å². The summed E-state index contributed by atoms with van der Waals surface area (Å²) in [5.41, 5.74) is 0.0179. The van der Waals surface area contributed by atoms with Gasteiger partial charge in [0.2, 0.25) is 5.91 Å². The van der Waals surface area contributed by atoms with E-state index in [0.717, 1.165) is 62.7 Å². The lowest BCUT2D eigenvalue weighted by Crippen LogP contribution is -2.61. The van der Waals surface area contributed by atoms with Crippen LogP contribution in [0.2, 0.25) is 0 Å². The van der Waals surface area contributed by atoms with Gasteiger partial charge in [0.25, 0.3) is 0 Å². The molecule has 0 unspecified atom stereocenters. The fourth-order valence-corrected chi connectivity index (χ4v) is 6.36. The number of aliphatic hydroxyl groups excluding tert-OH is 1. The van der Waals surface area contributed by atoms with Crippen molar-refractivity contribution < 1.29 is 14.7 Å². The van der Waals surface area contributed by atoms with Crippen molar-refractivity contribution in [2.45, 2.75) is 88.3 Å². The van der Waals surface area contributed by atoms with Crippen molar-refractivity contribution in [2.24, 2.45) is 17.8 Å². The van der Waals surface area contributed by atoms with Crippen LogP contribution in [0, 0.1) is 17.8 Å². The number of carbonyl (C=O) groups excluding carboxylic acids is 2. The molecule has 4 bridgehead atoms. The number of carbonyl (C=O) groups is 2. The third-order valence-electron chi connectivity index (χ3n) is 7.12. The minimum absolute atomic E-state index is 0.0125. The fourth-order valence-electron chi connectivity index (χ4n) is 6.36. The van der Waals surface area contributed by atoms with Crippen molar-refractivity contribution in [1.82, 2.24) is 16.0 Å². The van der Waals surface area contributed by atoms with E-state index < -0.39 is 0 Å². The second kappa shape index (κ2) is 7.37. The quantitative estimate of drug-likeness (QED) is 0.603. The normalized spacial score (nSPS) is 40.9. The third-order valence-corrected chi connectivity index (χ3v) is 7.12. The molecule has 5 aliphatic rings. The van der Waals surface area contributed by atoms with E-state index >= 15 is 0 Å². The monoisotopic (exact) mass is 363 g/mol. The summed E-state index contributed by atoms with van der Waals surface area (Å²) < 4.78 is 0. The van der Waals surface area contributed by atoms with Crippen LogP contribution in [0.25, 0.3) is 0 Å². The van der Waals surface area contributed by atoms with Crippen LogP contribution < -0.4 is 16.0 Å². The number of aliphatic hydroxyl groups is 1. The third kappa shape index (κ3) is 4.16. The largest absolute Gasteiger partial charge is 0.393 e. The van der Waals surface area contributed by atoms with Gasteiger partial charge >= 0.3 is 6.03 Å². The van der Waals surface area contributed by atoms with Crippen LogP contribution in [-0.4, -0.2) is 41.3 Å². The molecule has 0 aromatic heterocycles. The topological polar surface area (TPSA) is 90.5 Å². The Balaban J connectivity index is 1.16. The molecule has 146 valence electrons. The van der Waals surface area contributed by atoms with E-state index in [1.165, 1.54) is 19.3 Å². The van der Waals surface area contributed by atoms with E-state index in [4.69, 9.17) is 0 Å². The molecule has 0 aliphatic heterocycles. The maximum Gasteiger partial charge on any atom is 0.315 e. The first-order valence-electron chi connectivity index (χ1n) is 10.5. The highest BCUT2D eigenvalue weighted by atomic mass is 16.3. The summed E-state index contributed by atoms with van der Waals surface area (Å²) in [6.07, 6.45) is 10.8. The number of nitrogens with one attached hydrogen (secondary N) is 3. The smallest absolute Gasteiger partial charge is 0.315 e. The first kappa shape index (κ1) is 18.1. The Morgan fingerprint density at radius 1 is 0.923 bits per heavy atom. The number of hydrogen-bond acceptors (Lipinski definition) is 3. The van der Waals surface area contributed by atoms with Crippen LogP contribution >= 0.6 is 0 Å². The summed E-state index contributed by atoms with van der Waals surface area (Å²) in [6.45, 7) is 0.374. The Bertz CT molecular complexity index is 507. The highest BCUT2D eigenvalue weighted by molar-refractivity contribution is 5.78. The molecule has 5 fully saturated rings. The predicted molar refractivity (Wildman–Crippen MR) is 98.5 cm³/mol. The lowest BCUT2D eigenvalue weighted by molar-refractivity contribution is -0.122. The lowest BCUT2D eigenvalue weighted by atomic mass is 9.53. The standard InChI is InChI=1S/C20H33N3O3/c24-17-3-1-16(2-4-17)22-18(25)5-6-21-19(26)23-20-10-13-7-14(11-20)9-15(8-13)12-20/h13-17,24H,1-12H2,(H,22,25)(H2,21,23,26). The van der Waals surface area contributed by atoms with Crippen molar-refractivity contribution in [3.8, 4) is 0 Å². The second-order valence-electron chi connectivity index (χ2n) is 9.40. The van der Waals surface area contributed by atoms with Crippen molar-refractivity contribution in [3.05, 3.63) is 0 Å². The van der Waals surface area contributed by atoms with Crippen molar-refractivity contribution in [1.29, 1.82) is 0 Å². The summed E-state index contributed by atoms with van der Waals surface area (Å²) in [5, 5.41) is 18.7. The first-order chi connectivity index (χ1) is 12.5. The number of hydrogen-bond donors (Lipinski definition) is 4. The Hall–Kier alpha value is -1.30. The van der Waals surface area contributed by atoms with Crippen LogP contribution in [0.3, 0.4) is 0 Å². The Labute approximate surface area is 155 Å². The van der Waals surface area contributed by atoms with Gasteiger partial charge in [-0.05, 0) is 82.0 Å². The van der Waals surface area contributed by atoms with Gasteiger partial charge in [-0.2, -0.15) is 0 Å². The number of rotatable bonds is 5. The highest BCUT2D eigenvalue weighted by Crippen LogP contribution is 2.55. The van der Waals surface area contributed by atoms with E-state index in [2.05, 4.69) is 16.0 Å². The maximum atomic E-state index is 12.4. The van der Waals surface area contributed by atoms with Crippen LogP contribution in [0.15, 0.2) is 0 Å². The van der Waals surface area contributed by atoms with Gasteiger partial charge in [-0.1, -0.05) is 0 Å². The average molecular weight is 364 g/mol. The minimum Gasteiger partial charge on any atom is -0.393 e. The second-order valence-corrected chi connectivity index (χ2v) is 9.40. The van der Waals surface area contributed by atoms with Gasteiger partial charge in [0, 0.05) is 24.5 Å². The molecule has 5 aliphatic carbocycles. The van der Waals surface area contributed by atoms with Crippen molar-refractivity contribution in [2.75, 3.05) is 6.54 Å². The summed E-state index contributed by atoms with van der Waals surface area (Å²) >= 11 is 0. The van der Waals surface area contributed by atoms with Crippen LogP contribution in [0.5, 0.6) is 0 Å². The van der Waals surface area contributed by atoms with E-state index in [9.17, 15) is 14.7 Å². The summed E-state index contributed by atoms with van der Waals surface area (Å²) in [5.74, 6) is 2.41. The maximum absolute atomic E-state index is 12.4. The SMILES string of the molecule is O=C(CCNC(=O)NC12CC3CC(CC(C3)C1)C2)NC1CCC(O)CC1.